The van der Waals surface area contributed by atoms with Gasteiger partial charge in [-0.25, -0.2) is 0 Å². The maximum atomic E-state index is 12.0. The van der Waals surface area contributed by atoms with Crippen molar-refractivity contribution >= 4 is 5.91 Å². The van der Waals surface area contributed by atoms with Gasteiger partial charge in [0.1, 0.15) is 0 Å². The van der Waals surface area contributed by atoms with Gasteiger partial charge in [-0.2, -0.15) is 0 Å². The quantitative estimate of drug-likeness (QED) is 0.782. The van der Waals surface area contributed by atoms with E-state index in [-0.39, 0.29) is 11.3 Å². The van der Waals surface area contributed by atoms with E-state index in [0.717, 1.165) is 6.42 Å². The van der Waals surface area contributed by atoms with Crippen LogP contribution in [0.4, 0.5) is 0 Å². The first kappa shape index (κ1) is 13.5. The molecule has 1 rings (SSSR count). The number of carbonyl (C=O) groups excluding carboxylic acids is 1. The molecule has 1 aliphatic carbocycles. The van der Waals surface area contributed by atoms with Crippen LogP contribution in [0.25, 0.3) is 0 Å². The summed E-state index contributed by atoms with van der Waals surface area (Å²) in [5.74, 6) is 0.912. The summed E-state index contributed by atoms with van der Waals surface area (Å²) in [4.78, 5) is 12.0. The molecule has 0 bridgehead atoms. The average Bonchev–Trinajstić information content (AvgIpc) is 2.25. The Bertz CT molecular complexity index is 223. The summed E-state index contributed by atoms with van der Waals surface area (Å²) in [6.45, 7) is 8.13. The van der Waals surface area contributed by atoms with E-state index >= 15 is 0 Å². The van der Waals surface area contributed by atoms with E-state index in [0.29, 0.717) is 12.0 Å². The lowest BCUT2D eigenvalue weighted by atomic mass is 9.82. The summed E-state index contributed by atoms with van der Waals surface area (Å²) in [7, 11) is 0. The zero-order valence-electron chi connectivity index (χ0n) is 11.3. The fourth-order valence-corrected chi connectivity index (χ4v) is 2.47. The van der Waals surface area contributed by atoms with Crippen molar-refractivity contribution in [1.82, 2.24) is 5.32 Å². The second-order valence-corrected chi connectivity index (χ2v) is 6.14. The van der Waals surface area contributed by atoms with Crippen LogP contribution in [0.5, 0.6) is 0 Å². The van der Waals surface area contributed by atoms with Crippen LogP contribution >= 0.6 is 0 Å². The number of amides is 1. The third-order valence-electron chi connectivity index (χ3n) is 3.66. The standard InChI is InChI=1S/C14H27NO/c1-5-12(11-9-7-6-8-10-11)15-13(16)14(2,3)4/h11-12H,5-10H2,1-4H3,(H,15,16). The van der Waals surface area contributed by atoms with Crippen molar-refractivity contribution in [3.63, 3.8) is 0 Å². The van der Waals surface area contributed by atoms with Crippen molar-refractivity contribution in [3.8, 4) is 0 Å². The average molecular weight is 225 g/mol. The van der Waals surface area contributed by atoms with Crippen LogP contribution in [0.2, 0.25) is 0 Å². The zero-order valence-corrected chi connectivity index (χ0v) is 11.3. The third-order valence-corrected chi connectivity index (χ3v) is 3.66. The van der Waals surface area contributed by atoms with Gasteiger partial charge in [-0.05, 0) is 25.2 Å². The first-order chi connectivity index (χ1) is 7.45. The lowest BCUT2D eigenvalue weighted by Crippen LogP contribution is -2.45. The summed E-state index contributed by atoms with van der Waals surface area (Å²) in [5.41, 5.74) is -0.262. The molecule has 16 heavy (non-hydrogen) atoms. The summed E-state index contributed by atoms with van der Waals surface area (Å²) >= 11 is 0. The fourth-order valence-electron chi connectivity index (χ4n) is 2.47. The Labute approximate surface area is 100 Å². The molecule has 2 heteroatoms. The first-order valence-corrected chi connectivity index (χ1v) is 6.76. The second kappa shape index (κ2) is 5.70. The van der Waals surface area contributed by atoms with Crippen LogP contribution in [0.1, 0.15) is 66.2 Å². The van der Waals surface area contributed by atoms with E-state index in [1.165, 1.54) is 32.1 Å². The molecular weight excluding hydrogens is 198 g/mol. The molecule has 94 valence electrons. The first-order valence-electron chi connectivity index (χ1n) is 6.76. The number of hydrogen-bond donors (Lipinski definition) is 1. The van der Waals surface area contributed by atoms with Gasteiger partial charge in [0.25, 0.3) is 0 Å². The molecule has 1 aliphatic rings. The Morgan fingerprint density at radius 3 is 2.25 bits per heavy atom. The highest BCUT2D eigenvalue weighted by atomic mass is 16.2. The molecule has 0 aromatic heterocycles. The van der Waals surface area contributed by atoms with Crippen molar-refractivity contribution < 1.29 is 4.79 Å². The molecule has 0 aliphatic heterocycles. The number of nitrogens with one attached hydrogen (secondary N) is 1. The minimum absolute atomic E-state index is 0.199. The zero-order chi connectivity index (χ0) is 12.2. The van der Waals surface area contributed by atoms with E-state index in [2.05, 4.69) is 12.2 Å². The molecule has 0 heterocycles. The SMILES string of the molecule is CCC(NC(=O)C(C)(C)C)C1CCCCC1. The van der Waals surface area contributed by atoms with Gasteiger partial charge in [0.2, 0.25) is 5.91 Å². The second-order valence-electron chi connectivity index (χ2n) is 6.14. The predicted octanol–water partition coefficient (Wildman–Crippen LogP) is 3.51. The van der Waals surface area contributed by atoms with Crippen LogP contribution < -0.4 is 5.32 Å². The van der Waals surface area contributed by atoms with Crippen LogP contribution in [0.3, 0.4) is 0 Å². The Morgan fingerprint density at radius 2 is 1.81 bits per heavy atom. The summed E-state index contributed by atoms with van der Waals surface area (Å²) < 4.78 is 0. The fraction of sp³-hybridized carbons (Fsp3) is 0.929. The summed E-state index contributed by atoms with van der Waals surface area (Å²) in [6, 6.07) is 0.395. The lowest BCUT2D eigenvalue weighted by Gasteiger charge is -2.32. The van der Waals surface area contributed by atoms with Crippen molar-refractivity contribution in [3.05, 3.63) is 0 Å². The van der Waals surface area contributed by atoms with Crippen molar-refractivity contribution in [2.75, 3.05) is 0 Å². The molecule has 0 aromatic carbocycles. The molecular formula is C14H27NO. The van der Waals surface area contributed by atoms with Gasteiger partial charge in [-0.3, -0.25) is 4.79 Å². The smallest absolute Gasteiger partial charge is 0.225 e. The van der Waals surface area contributed by atoms with E-state index in [9.17, 15) is 4.79 Å². The van der Waals surface area contributed by atoms with Gasteiger partial charge in [-0.15, -0.1) is 0 Å². The van der Waals surface area contributed by atoms with Crippen molar-refractivity contribution in [1.29, 1.82) is 0 Å². The van der Waals surface area contributed by atoms with Crippen LogP contribution in [0, 0.1) is 11.3 Å². The Hall–Kier alpha value is -0.530. The Balaban J connectivity index is 2.50. The molecule has 2 nitrogen and oxygen atoms in total. The van der Waals surface area contributed by atoms with Gasteiger partial charge < -0.3 is 5.32 Å². The van der Waals surface area contributed by atoms with Crippen LogP contribution in [-0.4, -0.2) is 11.9 Å². The van der Waals surface area contributed by atoms with Gasteiger partial charge >= 0.3 is 0 Å². The molecule has 0 saturated heterocycles. The minimum Gasteiger partial charge on any atom is -0.353 e. The highest BCUT2D eigenvalue weighted by Crippen LogP contribution is 2.28. The monoisotopic (exact) mass is 225 g/mol. The molecule has 1 fully saturated rings. The maximum absolute atomic E-state index is 12.0. The number of rotatable bonds is 3. The third kappa shape index (κ3) is 3.80. The van der Waals surface area contributed by atoms with Crippen molar-refractivity contribution in [2.45, 2.75) is 72.3 Å². The topological polar surface area (TPSA) is 29.1 Å². The normalized spacial score (nSPS) is 20.5. The van der Waals surface area contributed by atoms with Crippen molar-refractivity contribution in [2.24, 2.45) is 11.3 Å². The Morgan fingerprint density at radius 1 is 1.25 bits per heavy atom. The number of carbonyl (C=O) groups is 1. The van der Waals surface area contributed by atoms with E-state index < -0.39 is 0 Å². The largest absolute Gasteiger partial charge is 0.353 e. The molecule has 0 radical (unpaired) electrons. The summed E-state index contributed by atoms with van der Waals surface area (Å²) in [6.07, 6.45) is 7.71. The molecule has 1 amide bonds. The van der Waals surface area contributed by atoms with Gasteiger partial charge in [0.05, 0.1) is 0 Å². The molecule has 1 atom stereocenters. The molecule has 0 spiro atoms. The van der Waals surface area contributed by atoms with Crippen LogP contribution in [0.15, 0.2) is 0 Å². The van der Waals surface area contributed by atoms with E-state index in [1.54, 1.807) is 0 Å². The van der Waals surface area contributed by atoms with Gasteiger partial charge in [-0.1, -0.05) is 47.0 Å². The highest BCUT2D eigenvalue weighted by molar-refractivity contribution is 5.81. The van der Waals surface area contributed by atoms with Gasteiger partial charge in [0, 0.05) is 11.5 Å². The Kier molecular flexibility index (Phi) is 4.82. The van der Waals surface area contributed by atoms with E-state index in [1.807, 2.05) is 20.8 Å². The predicted molar refractivity (Wildman–Crippen MR) is 68.3 cm³/mol. The van der Waals surface area contributed by atoms with Gasteiger partial charge in [0.15, 0.2) is 0 Å². The van der Waals surface area contributed by atoms with E-state index in [4.69, 9.17) is 0 Å². The maximum Gasteiger partial charge on any atom is 0.225 e. The molecule has 1 N–H and O–H groups in total. The minimum atomic E-state index is -0.262. The number of hydrogen-bond acceptors (Lipinski definition) is 1. The van der Waals surface area contributed by atoms with Crippen LogP contribution in [-0.2, 0) is 4.79 Å². The highest BCUT2D eigenvalue weighted by Gasteiger charge is 2.28. The molecule has 1 unspecified atom stereocenters. The molecule has 1 saturated carbocycles. The summed E-state index contributed by atoms with van der Waals surface area (Å²) in [5, 5.41) is 3.24. The molecule has 0 aromatic rings. The lowest BCUT2D eigenvalue weighted by molar-refractivity contribution is -0.129.